The molecule has 4 nitrogen and oxygen atoms in total. The third kappa shape index (κ3) is 2.77. The van der Waals surface area contributed by atoms with Crippen molar-refractivity contribution in [2.24, 2.45) is 0 Å². The van der Waals surface area contributed by atoms with Crippen molar-refractivity contribution < 1.29 is 9.84 Å². The molecule has 0 bridgehead atoms. The van der Waals surface area contributed by atoms with Gasteiger partial charge < -0.3 is 9.84 Å². The first kappa shape index (κ1) is 10.6. The summed E-state index contributed by atoms with van der Waals surface area (Å²) in [7, 11) is 0. The molecule has 2 aromatic rings. The highest BCUT2D eigenvalue weighted by Gasteiger charge is 1.98. The molecule has 0 saturated carbocycles. The number of rotatable bonds is 4. The Balaban J connectivity index is 1.99. The number of benzene rings is 1. The average molecular weight is 216 g/mol. The van der Waals surface area contributed by atoms with Gasteiger partial charge in [0.2, 0.25) is 0 Å². The van der Waals surface area contributed by atoms with Crippen LogP contribution in [0.5, 0.6) is 5.75 Å². The molecule has 0 atom stereocenters. The highest BCUT2D eigenvalue weighted by atomic mass is 16.5. The predicted octanol–water partition coefficient (Wildman–Crippen LogP) is 1.55. The second kappa shape index (κ2) is 5.23. The molecule has 0 spiro atoms. The first-order chi connectivity index (χ1) is 7.88. The summed E-state index contributed by atoms with van der Waals surface area (Å²) in [5, 5.41) is 8.97. The molecule has 0 aliphatic carbocycles. The van der Waals surface area contributed by atoms with Crippen LogP contribution in [-0.2, 0) is 13.2 Å². The topological polar surface area (TPSA) is 55.2 Å². The summed E-state index contributed by atoms with van der Waals surface area (Å²) in [6.45, 7) is 0.342. The summed E-state index contributed by atoms with van der Waals surface area (Å²) < 4.78 is 5.50. The number of aliphatic hydroxyl groups excluding tert-OH is 1. The molecular formula is C12H12N2O2. The molecule has 0 aliphatic heterocycles. The summed E-state index contributed by atoms with van der Waals surface area (Å²) in [5.74, 6) is 1.34. The van der Waals surface area contributed by atoms with Crippen LogP contribution in [0.4, 0.5) is 0 Å². The van der Waals surface area contributed by atoms with Gasteiger partial charge in [0.1, 0.15) is 12.4 Å². The number of nitrogens with zero attached hydrogens (tertiary/aromatic N) is 2. The quantitative estimate of drug-likeness (QED) is 0.842. The highest BCUT2D eigenvalue weighted by molar-refractivity contribution is 5.28. The van der Waals surface area contributed by atoms with Gasteiger partial charge in [-0.25, -0.2) is 9.97 Å². The van der Waals surface area contributed by atoms with E-state index in [1.54, 1.807) is 24.5 Å². The van der Waals surface area contributed by atoms with Gasteiger partial charge >= 0.3 is 0 Å². The second-order valence-electron chi connectivity index (χ2n) is 3.26. The smallest absolute Gasteiger partial charge is 0.166 e. The van der Waals surface area contributed by atoms with Gasteiger partial charge in [0.05, 0.1) is 6.61 Å². The summed E-state index contributed by atoms with van der Waals surface area (Å²) in [4.78, 5) is 8.10. The van der Waals surface area contributed by atoms with Crippen molar-refractivity contribution in [1.82, 2.24) is 9.97 Å². The second-order valence-corrected chi connectivity index (χ2v) is 3.26. The van der Waals surface area contributed by atoms with E-state index in [0.29, 0.717) is 18.2 Å². The number of aliphatic hydroxyl groups is 1. The molecule has 0 unspecified atom stereocenters. The first-order valence-electron chi connectivity index (χ1n) is 4.97. The van der Waals surface area contributed by atoms with Crippen molar-refractivity contribution in [2.75, 3.05) is 0 Å². The lowest BCUT2D eigenvalue weighted by Gasteiger charge is -2.05. The molecule has 1 aromatic carbocycles. The van der Waals surface area contributed by atoms with Gasteiger partial charge in [0.25, 0.3) is 0 Å². The molecule has 0 amide bonds. The van der Waals surface area contributed by atoms with Crippen LogP contribution in [-0.4, -0.2) is 15.1 Å². The molecule has 0 radical (unpaired) electrons. The van der Waals surface area contributed by atoms with Gasteiger partial charge in [-0.2, -0.15) is 0 Å². The minimum atomic E-state index is 0.0129. The van der Waals surface area contributed by atoms with Crippen molar-refractivity contribution in [2.45, 2.75) is 13.2 Å². The fourth-order valence-corrected chi connectivity index (χ4v) is 1.29. The molecule has 16 heavy (non-hydrogen) atoms. The average Bonchev–Trinajstić information content (AvgIpc) is 2.38. The summed E-state index contributed by atoms with van der Waals surface area (Å²) in [5.41, 5.74) is 0.825. The molecule has 2 rings (SSSR count). The Labute approximate surface area is 93.6 Å². The zero-order valence-corrected chi connectivity index (χ0v) is 8.71. The van der Waals surface area contributed by atoms with E-state index < -0.39 is 0 Å². The first-order valence-corrected chi connectivity index (χ1v) is 4.97. The predicted molar refractivity (Wildman–Crippen MR) is 58.7 cm³/mol. The lowest BCUT2D eigenvalue weighted by atomic mass is 10.2. The Hall–Kier alpha value is -1.94. The summed E-state index contributed by atoms with van der Waals surface area (Å²) >= 11 is 0. The van der Waals surface area contributed by atoms with Crippen LogP contribution in [0.2, 0.25) is 0 Å². The monoisotopic (exact) mass is 216 g/mol. The van der Waals surface area contributed by atoms with Gasteiger partial charge in [-0.3, -0.25) is 0 Å². The maximum absolute atomic E-state index is 8.97. The van der Waals surface area contributed by atoms with Gasteiger partial charge in [-0.15, -0.1) is 0 Å². The van der Waals surface area contributed by atoms with Crippen LogP contribution >= 0.6 is 0 Å². The van der Waals surface area contributed by atoms with Gasteiger partial charge in [-0.1, -0.05) is 12.1 Å². The lowest BCUT2D eigenvalue weighted by molar-refractivity contribution is 0.276. The largest absolute Gasteiger partial charge is 0.486 e. The Kier molecular flexibility index (Phi) is 3.46. The van der Waals surface area contributed by atoms with E-state index in [-0.39, 0.29) is 6.61 Å². The zero-order valence-electron chi connectivity index (χ0n) is 8.71. The Bertz CT molecular complexity index is 446. The minimum absolute atomic E-state index is 0.0129. The van der Waals surface area contributed by atoms with Crippen LogP contribution in [0, 0.1) is 0 Å². The molecule has 1 N–H and O–H groups in total. The van der Waals surface area contributed by atoms with Gasteiger partial charge in [0.15, 0.2) is 5.82 Å². The zero-order chi connectivity index (χ0) is 11.2. The molecule has 1 aromatic heterocycles. The van der Waals surface area contributed by atoms with Crippen molar-refractivity contribution in [3.8, 4) is 5.75 Å². The van der Waals surface area contributed by atoms with E-state index >= 15 is 0 Å². The normalized spacial score (nSPS) is 10.1. The standard InChI is InChI=1S/C12H12N2O2/c15-8-10-3-1-4-11(7-10)16-9-12-13-5-2-6-14-12/h1-7,15H,8-9H2. The Morgan fingerprint density at radius 1 is 1.12 bits per heavy atom. The van der Waals surface area contributed by atoms with Crippen LogP contribution in [0.3, 0.4) is 0 Å². The van der Waals surface area contributed by atoms with E-state index in [0.717, 1.165) is 5.56 Å². The fraction of sp³-hybridized carbons (Fsp3) is 0.167. The lowest BCUT2D eigenvalue weighted by Crippen LogP contribution is -2.00. The molecule has 0 fully saturated rings. The fourth-order valence-electron chi connectivity index (χ4n) is 1.29. The number of aromatic nitrogens is 2. The van der Waals surface area contributed by atoms with Crippen LogP contribution in [0.25, 0.3) is 0 Å². The Morgan fingerprint density at radius 2 is 1.94 bits per heavy atom. The summed E-state index contributed by atoms with van der Waals surface area (Å²) in [6, 6.07) is 9.07. The maximum Gasteiger partial charge on any atom is 0.166 e. The van der Waals surface area contributed by atoms with Crippen molar-refractivity contribution in [3.63, 3.8) is 0 Å². The summed E-state index contributed by atoms with van der Waals surface area (Å²) in [6.07, 6.45) is 3.35. The maximum atomic E-state index is 8.97. The molecular weight excluding hydrogens is 204 g/mol. The third-order valence-corrected chi connectivity index (χ3v) is 2.07. The van der Waals surface area contributed by atoms with E-state index in [2.05, 4.69) is 9.97 Å². The molecule has 82 valence electrons. The van der Waals surface area contributed by atoms with E-state index in [1.807, 2.05) is 18.2 Å². The van der Waals surface area contributed by atoms with E-state index in [4.69, 9.17) is 9.84 Å². The van der Waals surface area contributed by atoms with Crippen molar-refractivity contribution in [1.29, 1.82) is 0 Å². The highest BCUT2D eigenvalue weighted by Crippen LogP contribution is 2.14. The van der Waals surface area contributed by atoms with Crippen molar-refractivity contribution in [3.05, 3.63) is 54.1 Å². The minimum Gasteiger partial charge on any atom is -0.486 e. The SMILES string of the molecule is OCc1cccc(OCc2ncccn2)c1. The molecule has 0 saturated heterocycles. The van der Waals surface area contributed by atoms with Crippen LogP contribution < -0.4 is 4.74 Å². The van der Waals surface area contributed by atoms with Gasteiger partial charge in [0, 0.05) is 12.4 Å². The number of hydrogen-bond acceptors (Lipinski definition) is 4. The van der Waals surface area contributed by atoms with Crippen LogP contribution in [0.15, 0.2) is 42.7 Å². The Morgan fingerprint density at radius 3 is 2.69 bits per heavy atom. The third-order valence-electron chi connectivity index (χ3n) is 2.07. The van der Waals surface area contributed by atoms with E-state index in [9.17, 15) is 0 Å². The van der Waals surface area contributed by atoms with Crippen molar-refractivity contribution >= 4 is 0 Å². The molecule has 0 aliphatic rings. The van der Waals surface area contributed by atoms with E-state index in [1.165, 1.54) is 0 Å². The molecule has 4 heteroatoms. The van der Waals surface area contributed by atoms with Gasteiger partial charge in [-0.05, 0) is 23.8 Å². The van der Waals surface area contributed by atoms with Crippen LogP contribution in [0.1, 0.15) is 11.4 Å². The molecule has 1 heterocycles. The number of ether oxygens (including phenoxy) is 1. The number of hydrogen-bond donors (Lipinski definition) is 1.